The summed E-state index contributed by atoms with van der Waals surface area (Å²) in [6.45, 7) is 7.69. The molecular formula is C20H28N4O. The van der Waals surface area contributed by atoms with Crippen LogP contribution in [0, 0.1) is 5.92 Å². The summed E-state index contributed by atoms with van der Waals surface area (Å²) in [4.78, 5) is 21.7. The SMILES string of the molecule is CC(C)N(C)CC1CN(C(=O)Cc2ccccc2)Cc2nccn2C1. The number of nitrogens with zero attached hydrogens (tertiary/aromatic N) is 4. The third kappa shape index (κ3) is 4.48. The summed E-state index contributed by atoms with van der Waals surface area (Å²) >= 11 is 0. The predicted molar refractivity (Wildman–Crippen MR) is 99.0 cm³/mol. The van der Waals surface area contributed by atoms with Crippen molar-refractivity contribution < 1.29 is 4.79 Å². The zero-order chi connectivity index (χ0) is 17.8. The van der Waals surface area contributed by atoms with Crippen molar-refractivity contribution >= 4 is 5.91 Å². The maximum absolute atomic E-state index is 12.9. The van der Waals surface area contributed by atoms with E-state index in [0.717, 1.165) is 31.0 Å². The molecule has 1 aliphatic rings. The average molecular weight is 340 g/mol. The number of carbonyl (C=O) groups is 1. The van der Waals surface area contributed by atoms with Crippen molar-refractivity contribution in [2.45, 2.75) is 39.4 Å². The molecule has 0 fully saturated rings. The monoisotopic (exact) mass is 340 g/mol. The zero-order valence-electron chi connectivity index (χ0n) is 15.4. The molecule has 0 saturated heterocycles. The first-order chi connectivity index (χ1) is 12.0. The third-order valence-electron chi connectivity index (χ3n) is 5.05. The molecule has 0 bridgehead atoms. The molecule has 2 aromatic rings. The first-order valence-electron chi connectivity index (χ1n) is 9.05. The van der Waals surface area contributed by atoms with Gasteiger partial charge in [-0.2, -0.15) is 0 Å². The largest absolute Gasteiger partial charge is 0.335 e. The minimum absolute atomic E-state index is 0.180. The molecule has 0 spiro atoms. The molecule has 1 aliphatic heterocycles. The van der Waals surface area contributed by atoms with Gasteiger partial charge in [0, 0.05) is 44.0 Å². The van der Waals surface area contributed by atoms with Crippen LogP contribution in [0.5, 0.6) is 0 Å². The van der Waals surface area contributed by atoms with Gasteiger partial charge in [0.1, 0.15) is 5.82 Å². The van der Waals surface area contributed by atoms with Crippen LogP contribution >= 0.6 is 0 Å². The first kappa shape index (κ1) is 17.7. The number of rotatable bonds is 5. The molecule has 0 N–H and O–H groups in total. The van der Waals surface area contributed by atoms with E-state index in [1.807, 2.05) is 47.6 Å². The highest BCUT2D eigenvalue weighted by molar-refractivity contribution is 5.78. The molecule has 0 saturated carbocycles. The standard InChI is InChI=1S/C20H28N4O/c1-16(2)22(3)12-18-13-23-10-9-21-19(23)15-24(14-18)20(25)11-17-7-5-4-6-8-17/h4-10,16,18H,11-15H2,1-3H3. The summed E-state index contributed by atoms with van der Waals surface area (Å²) in [5.41, 5.74) is 1.07. The molecular weight excluding hydrogens is 312 g/mol. The fourth-order valence-corrected chi connectivity index (χ4v) is 3.35. The topological polar surface area (TPSA) is 41.4 Å². The van der Waals surface area contributed by atoms with Crippen molar-refractivity contribution in [1.29, 1.82) is 0 Å². The van der Waals surface area contributed by atoms with Crippen molar-refractivity contribution in [3.63, 3.8) is 0 Å². The number of hydrogen-bond acceptors (Lipinski definition) is 3. The van der Waals surface area contributed by atoms with Gasteiger partial charge >= 0.3 is 0 Å². The summed E-state index contributed by atoms with van der Waals surface area (Å²) in [6, 6.07) is 10.5. The Morgan fingerprint density at radius 1 is 1.28 bits per heavy atom. The number of benzene rings is 1. The highest BCUT2D eigenvalue weighted by Gasteiger charge is 2.26. The van der Waals surface area contributed by atoms with Gasteiger partial charge in [-0.25, -0.2) is 4.98 Å². The Hall–Kier alpha value is -2.14. The van der Waals surface area contributed by atoms with Crippen LogP contribution in [-0.4, -0.2) is 51.4 Å². The number of imidazole rings is 1. The number of aromatic nitrogens is 2. The van der Waals surface area contributed by atoms with E-state index >= 15 is 0 Å². The summed E-state index contributed by atoms with van der Waals surface area (Å²) in [6.07, 6.45) is 4.32. The first-order valence-corrected chi connectivity index (χ1v) is 9.05. The molecule has 1 aromatic heterocycles. The van der Waals surface area contributed by atoms with E-state index in [2.05, 4.69) is 35.3 Å². The minimum Gasteiger partial charge on any atom is -0.335 e. The van der Waals surface area contributed by atoms with Crippen LogP contribution in [0.2, 0.25) is 0 Å². The van der Waals surface area contributed by atoms with Gasteiger partial charge in [0.2, 0.25) is 5.91 Å². The molecule has 0 radical (unpaired) electrons. The van der Waals surface area contributed by atoms with Crippen LogP contribution in [0.4, 0.5) is 0 Å². The maximum atomic E-state index is 12.9. The van der Waals surface area contributed by atoms with Crippen LogP contribution in [0.25, 0.3) is 0 Å². The second-order valence-electron chi connectivity index (χ2n) is 7.33. The van der Waals surface area contributed by atoms with E-state index in [0.29, 0.717) is 24.9 Å². The van der Waals surface area contributed by atoms with Gasteiger partial charge in [-0.05, 0) is 26.5 Å². The number of fused-ring (bicyclic) bond motifs is 1. The quantitative estimate of drug-likeness (QED) is 0.839. The Morgan fingerprint density at radius 3 is 2.76 bits per heavy atom. The maximum Gasteiger partial charge on any atom is 0.227 e. The average Bonchev–Trinajstić information content (AvgIpc) is 2.94. The van der Waals surface area contributed by atoms with Crippen molar-refractivity contribution in [3.8, 4) is 0 Å². The minimum atomic E-state index is 0.180. The van der Waals surface area contributed by atoms with Gasteiger partial charge in [-0.15, -0.1) is 0 Å². The number of carbonyl (C=O) groups excluding carboxylic acids is 1. The van der Waals surface area contributed by atoms with E-state index in [4.69, 9.17) is 0 Å². The highest BCUT2D eigenvalue weighted by atomic mass is 16.2. The Labute approximate surface area is 150 Å². The van der Waals surface area contributed by atoms with Crippen LogP contribution in [0.15, 0.2) is 42.7 Å². The molecule has 1 amide bonds. The summed E-state index contributed by atoms with van der Waals surface area (Å²) in [7, 11) is 2.15. The van der Waals surface area contributed by atoms with Gasteiger partial charge in [-0.3, -0.25) is 4.79 Å². The fourth-order valence-electron chi connectivity index (χ4n) is 3.35. The molecule has 134 valence electrons. The number of amides is 1. The third-order valence-corrected chi connectivity index (χ3v) is 5.05. The van der Waals surface area contributed by atoms with Gasteiger partial charge in [0.05, 0.1) is 13.0 Å². The second kappa shape index (κ2) is 7.83. The Morgan fingerprint density at radius 2 is 2.04 bits per heavy atom. The fraction of sp³-hybridized carbons (Fsp3) is 0.500. The smallest absolute Gasteiger partial charge is 0.227 e. The molecule has 25 heavy (non-hydrogen) atoms. The predicted octanol–water partition coefficient (Wildman–Crippen LogP) is 2.42. The lowest BCUT2D eigenvalue weighted by molar-refractivity contribution is -0.131. The lowest BCUT2D eigenvalue weighted by Gasteiger charge is -2.29. The molecule has 2 heterocycles. The lowest BCUT2D eigenvalue weighted by Crippen LogP contribution is -2.40. The Balaban J connectivity index is 1.75. The normalized spacial score (nSPS) is 17.6. The number of hydrogen-bond donors (Lipinski definition) is 0. The molecule has 0 aliphatic carbocycles. The van der Waals surface area contributed by atoms with Crippen LogP contribution in [0.3, 0.4) is 0 Å². The van der Waals surface area contributed by atoms with E-state index < -0.39 is 0 Å². The van der Waals surface area contributed by atoms with Crippen LogP contribution in [0.1, 0.15) is 25.2 Å². The van der Waals surface area contributed by atoms with Crippen molar-refractivity contribution in [2.24, 2.45) is 5.92 Å². The highest BCUT2D eigenvalue weighted by Crippen LogP contribution is 2.18. The van der Waals surface area contributed by atoms with Gasteiger partial charge in [0.25, 0.3) is 0 Å². The van der Waals surface area contributed by atoms with E-state index in [9.17, 15) is 4.79 Å². The van der Waals surface area contributed by atoms with E-state index in [1.165, 1.54) is 0 Å². The van der Waals surface area contributed by atoms with Crippen molar-refractivity contribution in [1.82, 2.24) is 19.4 Å². The van der Waals surface area contributed by atoms with Gasteiger partial charge in [0.15, 0.2) is 0 Å². The lowest BCUT2D eigenvalue weighted by atomic mass is 10.1. The molecule has 3 rings (SSSR count). The molecule has 1 unspecified atom stereocenters. The summed E-state index contributed by atoms with van der Waals surface area (Å²) in [5.74, 6) is 1.57. The zero-order valence-corrected chi connectivity index (χ0v) is 15.4. The molecule has 1 atom stereocenters. The Bertz CT molecular complexity index is 695. The van der Waals surface area contributed by atoms with E-state index in [1.54, 1.807) is 0 Å². The van der Waals surface area contributed by atoms with Crippen LogP contribution < -0.4 is 0 Å². The second-order valence-corrected chi connectivity index (χ2v) is 7.33. The molecule has 5 heteroatoms. The van der Waals surface area contributed by atoms with Crippen molar-refractivity contribution in [2.75, 3.05) is 20.1 Å². The van der Waals surface area contributed by atoms with Gasteiger partial charge in [-0.1, -0.05) is 30.3 Å². The summed E-state index contributed by atoms with van der Waals surface area (Å²) < 4.78 is 2.20. The summed E-state index contributed by atoms with van der Waals surface area (Å²) in [5, 5.41) is 0. The van der Waals surface area contributed by atoms with Crippen molar-refractivity contribution in [3.05, 3.63) is 54.1 Å². The van der Waals surface area contributed by atoms with E-state index in [-0.39, 0.29) is 5.91 Å². The molecule has 5 nitrogen and oxygen atoms in total. The van der Waals surface area contributed by atoms with Gasteiger partial charge < -0.3 is 14.4 Å². The molecule has 1 aromatic carbocycles. The van der Waals surface area contributed by atoms with Crippen LogP contribution in [-0.2, 0) is 24.3 Å². The Kier molecular flexibility index (Phi) is 5.53.